The van der Waals surface area contributed by atoms with Gasteiger partial charge in [-0.05, 0) is 36.2 Å². The molecular weight excluding hydrogens is 320 g/mol. The Kier molecular flexibility index (Phi) is 4.56. The van der Waals surface area contributed by atoms with Crippen molar-refractivity contribution in [3.8, 4) is 0 Å². The van der Waals surface area contributed by atoms with Crippen LogP contribution in [0.5, 0.6) is 0 Å². The van der Waals surface area contributed by atoms with Crippen LogP contribution in [0, 0.1) is 10.1 Å². The van der Waals surface area contributed by atoms with Gasteiger partial charge in [0, 0.05) is 41.6 Å². The molecule has 0 bridgehead atoms. The summed E-state index contributed by atoms with van der Waals surface area (Å²) < 4.78 is 0. The fourth-order valence-corrected chi connectivity index (χ4v) is 2.71. The lowest BCUT2D eigenvalue weighted by Crippen LogP contribution is -2.12. The number of amides is 1. The van der Waals surface area contributed by atoms with Crippen molar-refractivity contribution >= 4 is 28.1 Å². The van der Waals surface area contributed by atoms with Crippen LogP contribution in [-0.4, -0.2) is 22.4 Å². The topological polar surface area (TPSA) is 111 Å². The summed E-state index contributed by atoms with van der Waals surface area (Å²) in [6.45, 7) is 0.609. The predicted molar refractivity (Wildman–Crippen MR) is 95.6 cm³/mol. The zero-order valence-corrected chi connectivity index (χ0v) is 13.3. The molecule has 1 heterocycles. The molecule has 126 valence electrons. The monoisotopic (exact) mass is 336 g/mol. The molecule has 0 aliphatic heterocycles. The first-order valence-corrected chi connectivity index (χ1v) is 7.70. The number of carbonyl (C=O) groups is 1. The number of hydrogen-bond donors (Lipinski definition) is 2. The van der Waals surface area contributed by atoms with E-state index in [1.54, 1.807) is 36.5 Å². The molecular formula is C18H16N4O3. The average molecular weight is 336 g/mol. The minimum absolute atomic E-state index is 0.0304. The van der Waals surface area contributed by atoms with E-state index in [2.05, 4.69) is 10.3 Å². The zero-order valence-electron chi connectivity index (χ0n) is 13.3. The summed E-state index contributed by atoms with van der Waals surface area (Å²) in [7, 11) is 0. The maximum absolute atomic E-state index is 11.2. The Labute approximate surface area is 143 Å². The van der Waals surface area contributed by atoms with Gasteiger partial charge in [0.15, 0.2) is 0 Å². The molecule has 0 unspecified atom stereocenters. The fourth-order valence-electron chi connectivity index (χ4n) is 2.71. The van der Waals surface area contributed by atoms with Crippen molar-refractivity contribution in [3.05, 3.63) is 76.1 Å². The first-order valence-electron chi connectivity index (χ1n) is 7.70. The van der Waals surface area contributed by atoms with Crippen LogP contribution < -0.4 is 11.1 Å². The van der Waals surface area contributed by atoms with Crippen LogP contribution in [0.4, 0.5) is 11.4 Å². The Bertz CT molecular complexity index is 956. The average Bonchev–Trinajstić information content (AvgIpc) is 2.61. The number of pyridine rings is 1. The maximum Gasteiger partial charge on any atom is 0.278 e. The van der Waals surface area contributed by atoms with E-state index in [1.807, 2.05) is 6.07 Å². The quantitative estimate of drug-likeness (QED) is 0.531. The van der Waals surface area contributed by atoms with Crippen molar-refractivity contribution in [2.45, 2.75) is 6.42 Å². The molecule has 7 heteroatoms. The number of anilines is 1. The fraction of sp³-hybridized carbons (Fsp3) is 0.111. The lowest BCUT2D eigenvalue weighted by molar-refractivity contribution is -0.383. The number of benzene rings is 2. The molecule has 0 atom stereocenters. The summed E-state index contributed by atoms with van der Waals surface area (Å²) in [4.78, 5) is 25.9. The number of nitro benzene ring substituents is 1. The van der Waals surface area contributed by atoms with Crippen LogP contribution in [0.15, 0.2) is 54.9 Å². The van der Waals surface area contributed by atoms with E-state index >= 15 is 0 Å². The molecule has 1 aromatic heterocycles. The third kappa shape index (κ3) is 3.55. The van der Waals surface area contributed by atoms with E-state index in [9.17, 15) is 14.9 Å². The molecule has 0 radical (unpaired) electrons. The van der Waals surface area contributed by atoms with E-state index in [4.69, 9.17) is 5.73 Å². The molecule has 0 aliphatic carbocycles. The predicted octanol–water partition coefficient (Wildman–Crippen LogP) is 2.90. The molecule has 1 amide bonds. The summed E-state index contributed by atoms with van der Waals surface area (Å²) in [6, 6.07) is 12.1. The van der Waals surface area contributed by atoms with E-state index in [0.29, 0.717) is 23.9 Å². The number of rotatable bonds is 6. The summed E-state index contributed by atoms with van der Waals surface area (Å²) in [6.07, 6.45) is 3.78. The molecule has 3 aromatic rings. The molecule has 3 N–H and O–H groups in total. The van der Waals surface area contributed by atoms with Gasteiger partial charge in [0.05, 0.1) is 10.3 Å². The van der Waals surface area contributed by atoms with E-state index in [1.165, 1.54) is 12.3 Å². The van der Waals surface area contributed by atoms with Crippen LogP contribution in [0.1, 0.15) is 15.9 Å². The van der Waals surface area contributed by atoms with Crippen molar-refractivity contribution in [2.75, 3.05) is 11.9 Å². The van der Waals surface area contributed by atoms with Crippen LogP contribution in [0.2, 0.25) is 0 Å². The van der Waals surface area contributed by atoms with Crippen molar-refractivity contribution in [3.63, 3.8) is 0 Å². The van der Waals surface area contributed by atoms with Gasteiger partial charge in [0.25, 0.3) is 5.69 Å². The largest absolute Gasteiger partial charge is 0.384 e. The number of carbonyl (C=O) groups excluding carboxylic acids is 1. The van der Waals surface area contributed by atoms with Crippen LogP contribution in [0.3, 0.4) is 0 Å². The molecule has 7 nitrogen and oxygen atoms in total. The Morgan fingerprint density at radius 3 is 2.80 bits per heavy atom. The molecule has 0 saturated heterocycles. The zero-order chi connectivity index (χ0) is 17.8. The van der Waals surface area contributed by atoms with E-state index < -0.39 is 10.8 Å². The van der Waals surface area contributed by atoms with Gasteiger partial charge in [0.2, 0.25) is 5.91 Å². The standard InChI is InChI=1S/C18H16N4O3/c19-18(23)13-3-1-2-12(10-13)6-9-21-16-4-5-17(22(24)25)15-11-20-8-7-14(15)16/h1-5,7-8,10-11,21H,6,9H2,(H2,19,23). The van der Waals surface area contributed by atoms with Gasteiger partial charge in [-0.15, -0.1) is 0 Å². The summed E-state index contributed by atoms with van der Waals surface area (Å²) in [5.41, 5.74) is 7.58. The number of nitro groups is 1. The third-order valence-corrected chi connectivity index (χ3v) is 3.93. The van der Waals surface area contributed by atoms with Crippen LogP contribution in [-0.2, 0) is 6.42 Å². The molecule has 0 fully saturated rings. The first-order chi connectivity index (χ1) is 12.1. The number of fused-ring (bicyclic) bond motifs is 1. The molecule has 0 aliphatic rings. The van der Waals surface area contributed by atoms with Gasteiger partial charge >= 0.3 is 0 Å². The number of aromatic nitrogens is 1. The summed E-state index contributed by atoms with van der Waals surface area (Å²) in [5, 5.41) is 15.7. The second-order valence-corrected chi connectivity index (χ2v) is 5.55. The van der Waals surface area contributed by atoms with Gasteiger partial charge in [0.1, 0.15) is 0 Å². The van der Waals surface area contributed by atoms with Gasteiger partial charge in [-0.2, -0.15) is 0 Å². The first kappa shape index (κ1) is 16.4. The summed E-state index contributed by atoms with van der Waals surface area (Å²) >= 11 is 0. The highest BCUT2D eigenvalue weighted by atomic mass is 16.6. The highest BCUT2D eigenvalue weighted by Crippen LogP contribution is 2.30. The van der Waals surface area contributed by atoms with Crippen LogP contribution in [0.25, 0.3) is 10.8 Å². The van der Waals surface area contributed by atoms with Gasteiger partial charge in [-0.1, -0.05) is 12.1 Å². The van der Waals surface area contributed by atoms with Gasteiger partial charge in [-0.25, -0.2) is 0 Å². The number of nitrogens with zero attached hydrogens (tertiary/aromatic N) is 2. The highest BCUT2D eigenvalue weighted by Gasteiger charge is 2.14. The third-order valence-electron chi connectivity index (χ3n) is 3.93. The lowest BCUT2D eigenvalue weighted by atomic mass is 10.1. The van der Waals surface area contributed by atoms with Crippen molar-refractivity contribution < 1.29 is 9.72 Å². The van der Waals surface area contributed by atoms with E-state index in [0.717, 1.165) is 16.6 Å². The van der Waals surface area contributed by atoms with E-state index in [-0.39, 0.29) is 5.69 Å². The Balaban J connectivity index is 1.78. The van der Waals surface area contributed by atoms with Crippen molar-refractivity contribution in [1.29, 1.82) is 0 Å². The SMILES string of the molecule is NC(=O)c1cccc(CCNc2ccc([N+](=O)[O-])c3cnccc23)c1. The van der Waals surface area contributed by atoms with Crippen molar-refractivity contribution in [1.82, 2.24) is 4.98 Å². The van der Waals surface area contributed by atoms with Crippen LogP contribution >= 0.6 is 0 Å². The second-order valence-electron chi connectivity index (χ2n) is 5.55. The summed E-state index contributed by atoms with van der Waals surface area (Å²) in [5.74, 6) is -0.455. The second kappa shape index (κ2) is 6.96. The highest BCUT2D eigenvalue weighted by molar-refractivity contribution is 5.99. The van der Waals surface area contributed by atoms with Gasteiger partial charge < -0.3 is 11.1 Å². The Hall–Kier alpha value is -3.48. The molecule has 25 heavy (non-hydrogen) atoms. The molecule has 2 aromatic carbocycles. The number of nitrogens with one attached hydrogen (secondary N) is 1. The molecule has 0 spiro atoms. The van der Waals surface area contributed by atoms with Gasteiger partial charge in [-0.3, -0.25) is 19.9 Å². The number of non-ortho nitro benzene ring substituents is 1. The minimum atomic E-state index is -0.455. The lowest BCUT2D eigenvalue weighted by Gasteiger charge is -2.10. The number of hydrogen-bond acceptors (Lipinski definition) is 5. The smallest absolute Gasteiger partial charge is 0.278 e. The minimum Gasteiger partial charge on any atom is -0.384 e. The normalized spacial score (nSPS) is 10.6. The number of nitrogens with two attached hydrogens (primary N) is 1. The number of primary amides is 1. The Morgan fingerprint density at radius 2 is 2.04 bits per heavy atom. The maximum atomic E-state index is 11.2. The molecule has 0 saturated carbocycles. The molecule has 3 rings (SSSR count). The van der Waals surface area contributed by atoms with Crippen molar-refractivity contribution in [2.24, 2.45) is 5.73 Å². The Morgan fingerprint density at radius 1 is 1.20 bits per heavy atom.